The molecule has 3 nitrogen and oxygen atoms in total. The normalized spacial score (nSPS) is 22.8. The molecule has 1 aliphatic heterocycles. The lowest BCUT2D eigenvalue weighted by atomic mass is 9.80. The van der Waals surface area contributed by atoms with Gasteiger partial charge in [-0.15, -0.1) is 0 Å². The Balaban J connectivity index is 1.95. The predicted octanol–water partition coefficient (Wildman–Crippen LogP) is 1.85. The van der Waals surface area contributed by atoms with Crippen LogP contribution in [0.3, 0.4) is 0 Å². The van der Waals surface area contributed by atoms with Crippen LogP contribution < -0.4 is 0 Å². The summed E-state index contributed by atoms with van der Waals surface area (Å²) in [6.45, 7) is 5.31. The molecule has 98 valence electrons. The molecule has 0 aromatic heterocycles. The molecule has 1 N–H and O–H groups in total. The maximum absolute atomic E-state index is 12.1. The third-order valence-corrected chi connectivity index (χ3v) is 3.87. The van der Waals surface area contributed by atoms with E-state index in [1.807, 2.05) is 30.3 Å². The van der Waals surface area contributed by atoms with Gasteiger partial charge < -0.3 is 10.0 Å². The number of hydrogen-bond acceptors (Lipinski definition) is 2. The van der Waals surface area contributed by atoms with Gasteiger partial charge in [-0.3, -0.25) is 4.79 Å². The van der Waals surface area contributed by atoms with E-state index in [1.54, 1.807) is 4.90 Å². The molecule has 0 aliphatic carbocycles. The fourth-order valence-electron chi connectivity index (χ4n) is 2.25. The molecule has 0 bridgehead atoms. The van der Waals surface area contributed by atoms with Gasteiger partial charge in [0.2, 0.25) is 5.91 Å². The van der Waals surface area contributed by atoms with E-state index in [4.69, 9.17) is 0 Å². The number of aliphatic hydroxyl groups excluding tert-OH is 1. The third kappa shape index (κ3) is 2.91. The molecule has 0 saturated carbocycles. The van der Waals surface area contributed by atoms with Crippen molar-refractivity contribution >= 4 is 5.91 Å². The van der Waals surface area contributed by atoms with Crippen LogP contribution in [0.1, 0.15) is 25.8 Å². The van der Waals surface area contributed by atoms with Gasteiger partial charge in [0, 0.05) is 13.1 Å². The fourth-order valence-corrected chi connectivity index (χ4v) is 2.25. The van der Waals surface area contributed by atoms with E-state index >= 15 is 0 Å². The number of rotatable bonds is 2. The smallest absolute Gasteiger partial charge is 0.227 e. The van der Waals surface area contributed by atoms with Crippen molar-refractivity contribution in [1.29, 1.82) is 0 Å². The van der Waals surface area contributed by atoms with Crippen LogP contribution in [0.15, 0.2) is 30.3 Å². The number of hydrogen-bond donors (Lipinski definition) is 1. The standard InChI is InChI=1S/C15H21NO2/c1-15(2)8-9-16(11-13(15)17)14(18)10-12-6-4-3-5-7-12/h3-7,13,17H,8-11H2,1-2H3. The van der Waals surface area contributed by atoms with Gasteiger partial charge in [0.25, 0.3) is 0 Å². The summed E-state index contributed by atoms with van der Waals surface area (Å²) in [5, 5.41) is 10.0. The van der Waals surface area contributed by atoms with E-state index < -0.39 is 6.10 Å². The Labute approximate surface area is 108 Å². The molecule has 1 fully saturated rings. The van der Waals surface area contributed by atoms with Gasteiger partial charge in [-0.2, -0.15) is 0 Å². The number of benzene rings is 1. The number of β-amino-alcohol motifs (C(OH)–C–C–N with tert-alkyl or cyclic N) is 1. The van der Waals surface area contributed by atoms with E-state index in [0.29, 0.717) is 13.0 Å². The van der Waals surface area contributed by atoms with Gasteiger partial charge in [0.05, 0.1) is 12.5 Å². The molecular weight excluding hydrogens is 226 g/mol. The SMILES string of the molecule is CC1(C)CCN(C(=O)Cc2ccccc2)CC1O. The highest BCUT2D eigenvalue weighted by molar-refractivity contribution is 5.78. The summed E-state index contributed by atoms with van der Waals surface area (Å²) in [5.41, 5.74) is 0.950. The van der Waals surface area contributed by atoms with Crippen molar-refractivity contribution in [1.82, 2.24) is 4.90 Å². The Morgan fingerprint density at radius 2 is 2.06 bits per heavy atom. The predicted molar refractivity (Wildman–Crippen MR) is 71.1 cm³/mol. The number of carbonyl (C=O) groups is 1. The largest absolute Gasteiger partial charge is 0.391 e. The average Bonchev–Trinajstić information content (AvgIpc) is 2.34. The number of aliphatic hydroxyl groups is 1. The van der Waals surface area contributed by atoms with Gasteiger partial charge in [-0.1, -0.05) is 44.2 Å². The highest BCUT2D eigenvalue weighted by Gasteiger charge is 2.35. The number of amides is 1. The van der Waals surface area contributed by atoms with Crippen molar-refractivity contribution in [3.8, 4) is 0 Å². The third-order valence-electron chi connectivity index (χ3n) is 3.87. The average molecular weight is 247 g/mol. The first-order valence-electron chi connectivity index (χ1n) is 6.49. The molecule has 1 saturated heterocycles. The minimum atomic E-state index is -0.425. The van der Waals surface area contributed by atoms with Crippen LogP contribution in [-0.2, 0) is 11.2 Å². The lowest BCUT2D eigenvalue weighted by Crippen LogP contribution is -2.50. The first kappa shape index (κ1) is 13.1. The monoisotopic (exact) mass is 247 g/mol. The number of likely N-dealkylation sites (tertiary alicyclic amines) is 1. The van der Waals surface area contributed by atoms with Crippen LogP contribution in [0.5, 0.6) is 0 Å². The second-order valence-electron chi connectivity index (χ2n) is 5.76. The zero-order valence-corrected chi connectivity index (χ0v) is 11.1. The Morgan fingerprint density at radius 1 is 1.39 bits per heavy atom. The summed E-state index contributed by atoms with van der Waals surface area (Å²) < 4.78 is 0. The minimum Gasteiger partial charge on any atom is -0.391 e. The van der Waals surface area contributed by atoms with E-state index in [0.717, 1.165) is 18.5 Å². The summed E-state index contributed by atoms with van der Waals surface area (Å²) >= 11 is 0. The molecule has 1 aliphatic rings. The molecule has 1 atom stereocenters. The Hall–Kier alpha value is -1.35. The van der Waals surface area contributed by atoms with E-state index in [-0.39, 0.29) is 11.3 Å². The summed E-state index contributed by atoms with van der Waals surface area (Å²) in [6.07, 6.45) is 0.855. The molecule has 1 aromatic rings. The van der Waals surface area contributed by atoms with Crippen molar-refractivity contribution in [3.63, 3.8) is 0 Å². The molecule has 0 radical (unpaired) electrons. The van der Waals surface area contributed by atoms with Gasteiger partial charge >= 0.3 is 0 Å². The molecule has 0 spiro atoms. The molecular formula is C15H21NO2. The van der Waals surface area contributed by atoms with Crippen LogP contribution >= 0.6 is 0 Å². The van der Waals surface area contributed by atoms with Crippen molar-refractivity contribution in [2.75, 3.05) is 13.1 Å². The maximum atomic E-state index is 12.1. The van der Waals surface area contributed by atoms with E-state index in [2.05, 4.69) is 13.8 Å². The van der Waals surface area contributed by atoms with Crippen LogP contribution in [0.2, 0.25) is 0 Å². The highest BCUT2D eigenvalue weighted by Crippen LogP contribution is 2.30. The maximum Gasteiger partial charge on any atom is 0.227 e. The molecule has 1 unspecified atom stereocenters. The summed E-state index contributed by atoms with van der Waals surface area (Å²) in [6, 6.07) is 9.75. The van der Waals surface area contributed by atoms with E-state index in [1.165, 1.54) is 0 Å². The van der Waals surface area contributed by atoms with Crippen LogP contribution in [0, 0.1) is 5.41 Å². The van der Waals surface area contributed by atoms with Crippen LogP contribution in [0.4, 0.5) is 0 Å². The van der Waals surface area contributed by atoms with Gasteiger partial charge in [0.15, 0.2) is 0 Å². The van der Waals surface area contributed by atoms with Crippen molar-refractivity contribution < 1.29 is 9.90 Å². The summed E-state index contributed by atoms with van der Waals surface area (Å²) in [4.78, 5) is 13.9. The van der Waals surface area contributed by atoms with Crippen LogP contribution in [0.25, 0.3) is 0 Å². The van der Waals surface area contributed by atoms with E-state index in [9.17, 15) is 9.90 Å². The molecule has 2 rings (SSSR count). The van der Waals surface area contributed by atoms with Gasteiger partial charge in [0.1, 0.15) is 0 Å². The molecule has 3 heteroatoms. The number of piperidine rings is 1. The number of carbonyl (C=O) groups excluding carboxylic acids is 1. The summed E-state index contributed by atoms with van der Waals surface area (Å²) in [5.74, 6) is 0.107. The minimum absolute atomic E-state index is 0.0798. The molecule has 1 amide bonds. The fraction of sp³-hybridized carbons (Fsp3) is 0.533. The zero-order valence-electron chi connectivity index (χ0n) is 11.1. The summed E-state index contributed by atoms with van der Waals surface area (Å²) in [7, 11) is 0. The topological polar surface area (TPSA) is 40.5 Å². The first-order chi connectivity index (χ1) is 8.49. The van der Waals surface area contributed by atoms with Crippen LogP contribution in [-0.4, -0.2) is 35.1 Å². The lowest BCUT2D eigenvalue weighted by Gasteiger charge is -2.41. The second-order valence-corrected chi connectivity index (χ2v) is 5.76. The molecule has 18 heavy (non-hydrogen) atoms. The Kier molecular flexibility index (Phi) is 3.71. The van der Waals surface area contributed by atoms with Crippen molar-refractivity contribution in [2.45, 2.75) is 32.8 Å². The first-order valence-corrected chi connectivity index (χ1v) is 6.49. The zero-order chi connectivity index (χ0) is 13.2. The molecule has 1 aromatic carbocycles. The lowest BCUT2D eigenvalue weighted by molar-refractivity contribution is -0.137. The van der Waals surface area contributed by atoms with Crippen molar-refractivity contribution in [2.24, 2.45) is 5.41 Å². The second kappa shape index (κ2) is 5.11. The Morgan fingerprint density at radius 3 is 2.67 bits per heavy atom. The quantitative estimate of drug-likeness (QED) is 0.866. The molecule has 1 heterocycles. The number of nitrogens with zero attached hydrogens (tertiary/aromatic N) is 1. The highest BCUT2D eigenvalue weighted by atomic mass is 16.3. The van der Waals surface area contributed by atoms with Crippen molar-refractivity contribution in [3.05, 3.63) is 35.9 Å². The van der Waals surface area contributed by atoms with Gasteiger partial charge in [-0.05, 0) is 17.4 Å². The Bertz CT molecular complexity index is 414. The van der Waals surface area contributed by atoms with Gasteiger partial charge in [-0.25, -0.2) is 0 Å².